The maximum Gasteiger partial charge on any atom is 0.238 e. The van der Waals surface area contributed by atoms with Gasteiger partial charge in [0.2, 0.25) is 11.8 Å². The van der Waals surface area contributed by atoms with E-state index in [0.29, 0.717) is 18.5 Å². The van der Waals surface area contributed by atoms with E-state index in [-0.39, 0.29) is 44.5 Å². The van der Waals surface area contributed by atoms with Gasteiger partial charge in [0.15, 0.2) is 0 Å². The van der Waals surface area contributed by atoms with Crippen molar-refractivity contribution in [3.63, 3.8) is 0 Å². The van der Waals surface area contributed by atoms with Crippen LogP contribution in [0.5, 0.6) is 0 Å². The molecule has 1 saturated heterocycles. The standard InChI is InChI=1S/C16H12Cl3NO3/c17-9-4-7(5-10(18)14(9)19)20-15(22)12-6-1-2-8(11(21)3-6)13(12)16(20)23/h4-6,8,12-13H,1-3H2. The molecule has 0 aromatic heterocycles. The molecule has 3 aliphatic carbocycles. The second-order valence-electron chi connectivity index (χ2n) is 6.40. The number of carbonyl (C=O) groups is 3. The van der Waals surface area contributed by atoms with Gasteiger partial charge in [-0.3, -0.25) is 14.4 Å². The van der Waals surface area contributed by atoms with Gasteiger partial charge in [-0.1, -0.05) is 34.8 Å². The highest BCUT2D eigenvalue weighted by Gasteiger charge is 2.61. The quantitative estimate of drug-likeness (QED) is 0.557. The van der Waals surface area contributed by atoms with Crippen molar-refractivity contribution in [3.05, 3.63) is 27.2 Å². The zero-order valence-corrected chi connectivity index (χ0v) is 14.2. The molecule has 4 aliphatic rings. The first-order valence-corrected chi connectivity index (χ1v) is 8.58. The van der Waals surface area contributed by atoms with Crippen LogP contribution < -0.4 is 4.90 Å². The topological polar surface area (TPSA) is 54.5 Å². The Morgan fingerprint density at radius 1 is 0.913 bits per heavy atom. The molecule has 120 valence electrons. The number of Topliss-reactive ketones (excluding diaryl/α,β-unsaturated/α-hetero) is 1. The van der Waals surface area contributed by atoms with E-state index in [1.54, 1.807) is 0 Å². The van der Waals surface area contributed by atoms with Gasteiger partial charge in [0.25, 0.3) is 0 Å². The smallest absolute Gasteiger partial charge is 0.238 e. The number of hydrogen-bond acceptors (Lipinski definition) is 3. The molecule has 1 aromatic rings. The van der Waals surface area contributed by atoms with Crippen molar-refractivity contribution in [2.75, 3.05) is 4.90 Å². The second kappa shape index (κ2) is 5.20. The summed E-state index contributed by atoms with van der Waals surface area (Å²) in [5, 5.41) is 0.552. The molecule has 5 rings (SSSR count). The maximum atomic E-state index is 12.8. The van der Waals surface area contributed by atoms with Gasteiger partial charge < -0.3 is 0 Å². The molecule has 1 aliphatic heterocycles. The van der Waals surface area contributed by atoms with Crippen LogP contribution in [0.15, 0.2) is 12.1 Å². The average molecular weight is 373 g/mol. The number of carbonyl (C=O) groups excluding carboxylic acids is 3. The largest absolute Gasteiger partial charge is 0.299 e. The third-order valence-electron chi connectivity index (χ3n) is 5.29. The molecule has 0 radical (unpaired) electrons. The lowest BCUT2D eigenvalue weighted by atomic mass is 9.59. The van der Waals surface area contributed by atoms with Crippen molar-refractivity contribution in [1.82, 2.24) is 0 Å². The highest BCUT2D eigenvalue weighted by Crippen LogP contribution is 2.52. The number of halogens is 3. The minimum absolute atomic E-state index is 0.0304. The Kier molecular flexibility index (Phi) is 3.49. The van der Waals surface area contributed by atoms with Crippen LogP contribution in [0, 0.1) is 23.7 Å². The molecule has 4 nitrogen and oxygen atoms in total. The first-order chi connectivity index (χ1) is 10.9. The molecule has 4 atom stereocenters. The predicted octanol–water partition coefficient (Wildman–Crippen LogP) is 3.75. The Morgan fingerprint density at radius 3 is 2.13 bits per heavy atom. The third-order valence-corrected chi connectivity index (χ3v) is 6.49. The molecule has 2 amide bonds. The minimum Gasteiger partial charge on any atom is -0.299 e. The van der Waals surface area contributed by atoms with Crippen LogP contribution in [0.2, 0.25) is 15.1 Å². The number of ketones is 1. The Morgan fingerprint density at radius 2 is 1.52 bits per heavy atom. The van der Waals surface area contributed by atoms with Gasteiger partial charge in [-0.15, -0.1) is 0 Å². The van der Waals surface area contributed by atoms with Crippen molar-refractivity contribution >= 4 is 58.1 Å². The van der Waals surface area contributed by atoms with Crippen LogP contribution in [0.3, 0.4) is 0 Å². The van der Waals surface area contributed by atoms with Gasteiger partial charge in [0.05, 0.1) is 32.6 Å². The van der Waals surface area contributed by atoms with E-state index in [1.807, 2.05) is 0 Å². The highest BCUT2D eigenvalue weighted by molar-refractivity contribution is 6.48. The number of hydrogen-bond donors (Lipinski definition) is 0. The van der Waals surface area contributed by atoms with Crippen LogP contribution in [-0.2, 0) is 14.4 Å². The fraction of sp³-hybridized carbons (Fsp3) is 0.438. The summed E-state index contributed by atoms with van der Waals surface area (Å²) in [4.78, 5) is 38.9. The molecule has 3 saturated carbocycles. The summed E-state index contributed by atoms with van der Waals surface area (Å²) >= 11 is 18.0. The van der Waals surface area contributed by atoms with Crippen molar-refractivity contribution in [3.8, 4) is 0 Å². The summed E-state index contributed by atoms with van der Waals surface area (Å²) in [6.45, 7) is 0. The van der Waals surface area contributed by atoms with Crippen molar-refractivity contribution in [2.45, 2.75) is 19.3 Å². The number of imide groups is 1. The van der Waals surface area contributed by atoms with Gasteiger partial charge >= 0.3 is 0 Å². The number of amides is 2. The molecule has 7 heteroatoms. The second-order valence-corrected chi connectivity index (χ2v) is 7.59. The summed E-state index contributed by atoms with van der Waals surface area (Å²) in [5.74, 6) is -1.75. The van der Waals surface area contributed by atoms with E-state index in [0.717, 1.165) is 11.3 Å². The van der Waals surface area contributed by atoms with Crippen LogP contribution in [0.1, 0.15) is 19.3 Å². The van der Waals surface area contributed by atoms with Gasteiger partial charge in [-0.2, -0.15) is 0 Å². The highest BCUT2D eigenvalue weighted by atomic mass is 35.5. The lowest BCUT2D eigenvalue weighted by Crippen LogP contribution is -2.46. The predicted molar refractivity (Wildman–Crippen MR) is 86.8 cm³/mol. The first kappa shape index (κ1) is 15.4. The lowest BCUT2D eigenvalue weighted by molar-refractivity contribution is -0.143. The molecule has 23 heavy (non-hydrogen) atoms. The number of anilines is 1. The molecule has 2 bridgehead atoms. The average Bonchev–Trinajstić information content (AvgIpc) is 2.78. The Hall–Kier alpha value is -1.10. The number of rotatable bonds is 1. The van der Waals surface area contributed by atoms with Gasteiger partial charge in [-0.25, -0.2) is 4.90 Å². The van der Waals surface area contributed by atoms with Crippen molar-refractivity contribution in [1.29, 1.82) is 0 Å². The van der Waals surface area contributed by atoms with E-state index in [4.69, 9.17) is 34.8 Å². The molecule has 4 unspecified atom stereocenters. The number of fused-ring (bicyclic) bond motifs is 2. The van der Waals surface area contributed by atoms with E-state index >= 15 is 0 Å². The van der Waals surface area contributed by atoms with Crippen molar-refractivity contribution < 1.29 is 14.4 Å². The molecular formula is C16H12Cl3NO3. The summed E-state index contributed by atoms with van der Waals surface area (Å²) in [5.41, 5.74) is 0.320. The van der Waals surface area contributed by atoms with E-state index in [1.165, 1.54) is 12.1 Å². The van der Waals surface area contributed by atoms with Gasteiger partial charge in [-0.05, 0) is 30.9 Å². The van der Waals surface area contributed by atoms with Crippen LogP contribution in [0.4, 0.5) is 5.69 Å². The molecule has 4 fully saturated rings. The molecule has 0 spiro atoms. The Labute approximate surface area is 147 Å². The van der Waals surface area contributed by atoms with E-state index < -0.39 is 11.8 Å². The van der Waals surface area contributed by atoms with Gasteiger partial charge in [0.1, 0.15) is 5.78 Å². The first-order valence-electron chi connectivity index (χ1n) is 7.45. The van der Waals surface area contributed by atoms with E-state index in [9.17, 15) is 14.4 Å². The molecule has 1 aromatic carbocycles. The summed E-state index contributed by atoms with van der Waals surface area (Å²) in [6.07, 6.45) is 1.92. The zero-order valence-electron chi connectivity index (χ0n) is 11.9. The van der Waals surface area contributed by atoms with Crippen LogP contribution >= 0.6 is 34.8 Å². The zero-order chi connectivity index (χ0) is 16.5. The molecule has 1 heterocycles. The fourth-order valence-electron chi connectivity index (χ4n) is 4.31. The monoisotopic (exact) mass is 371 g/mol. The number of benzene rings is 1. The van der Waals surface area contributed by atoms with Gasteiger partial charge in [0, 0.05) is 12.3 Å². The third kappa shape index (κ3) is 2.08. The maximum absolute atomic E-state index is 12.8. The molecular weight excluding hydrogens is 361 g/mol. The summed E-state index contributed by atoms with van der Waals surface area (Å²) in [7, 11) is 0. The van der Waals surface area contributed by atoms with E-state index in [2.05, 4.69) is 0 Å². The minimum atomic E-state index is -0.532. The Balaban J connectivity index is 1.79. The Bertz CT molecular complexity index is 740. The normalized spacial score (nSPS) is 32.7. The summed E-state index contributed by atoms with van der Waals surface area (Å²) in [6, 6.07) is 2.93. The number of nitrogens with zero attached hydrogens (tertiary/aromatic N) is 1. The van der Waals surface area contributed by atoms with Crippen LogP contribution in [-0.4, -0.2) is 17.6 Å². The lowest BCUT2D eigenvalue weighted by Gasteiger charge is -2.41. The van der Waals surface area contributed by atoms with Crippen molar-refractivity contribution in [2.24, 2.45) is 23.7 Å². The fourth-order valence-corrected chi connectivity index (χ4v) is 4.89. The van der Waals surface area contributed by atoms with Crippen LogP contribution in [0.25, 0.3) is 0 Å². The molecule has 0 N–H and O–H groups in total. The summed E-state index contributed by atoms with van der Waals surface area (Å²) < 4.78 is 0. The SMILES string of the molecule is O=C1CC2CCC1C1C(=O)N(c3cc(Cl)c(Cl)c(Cl)c3)C(=O)C21.